The first kappa shape index (κ1) is 16.4. The molecule has 4 rings (SSSR count). The maximum absolute atomic E-state index is 13.1. The van der Waals surface area contributed by atoms with Crippen molar-refractivity contribution in [2.24, 2.45) is 0 Å². The number of benzene rings is 1. The number of hydrogen-bond donors (Lipinski definition) is 1. The van der Waals surface area contributed by atoms with Gasteiger partial charge in [-0.05, 0) is 30.5 Å². The van der Waals surface area contributed by atoms with Gasteiger partial charge in [-0.1, -0.05) is 12.1 Å². The monoisotopic (exact) mass is 365 g/mol. The van der Waals surface area contributed by atoms with Crippen LogP contribution in [0.1, 0.15) is 24.3 Å². The van der Waals surface area contributed by atoms with E-state index >= 15 is 0 Å². The summed E-state index contributed by atoms with van der Waals surface area (Å²) in [7, 11) is 0. The van der Waals surface area contributed by atoms with Crippen LogP contribution in [-0.2, 0) is 11.7 Å². The Morgan fingerprint density at radius 2 is 1.65 bits per heavy atom. The highest BCUT2D eigenvalue weighted by atomic mass is 19.4. The van der Waals surface area contributed by atoms with Crippen molar-refractivity contribution in [2.45, 2.75) is 24.6 Å². The lowest BCUT2D eigenvalue weighted by molar-refractivity contribution is -0.156. The first-order valence-corrected chi connectivity index (χ1v) is 7.63. The van der Waals surface area contributed by atoms with Gasteiger partial charge < -0.3 is 9.73 Å². The Hall–Kier alpha value is -3.04. The minimum atomic E-state index is -4.71. The Balaban J connectivity index is 1.51. The zero-order chi connectivity index (χ0) is 18.4. The fourth-order valence-corrected chi connectivity index (χ4v) is 2.55. The van der Waals surface area contributed by atoms with Crippen molar-refractivity contribution in [1.29, 1.82) is 0 Å². The Morgan fingerprint density at radius 1 is 1.00 bits per heavy atom. The highest BCUT2D eigenvalue weighted by molar-refractivity contribution is 5.51. The van der Waals surface area contributed by atoms with Gasteiger partial charge in [0.2, 0.25) is 5.95 Å². The molecule has 0 amide bonds. The molecule has 0 unspecified atom stereocenters. The Kier molecular flexibility index (Phi) is 3.63. The molecule has 1 N–H and O–H groups in total. The van der Waals surface area contributed by atoms with Gasteiger partial charge in [-0.3, -0.25) is 0 Å². The number of nitrogens with zero attached hydrogens (tertiary/aromatic N) is 4. The average molecular weight is 365 g/mol. The SMILES string of the molecule is Fc1ccc(C2(Nc3ncc(-c4nnc(C(F)(F)F)o4)cn3)CC2)cc1. The van der Waals surface area contributed by atoms with Gasteiger partial charge in [0.15, 0.2) is 0 Å². The summed E-state index contributed by atoms with van der Waals surface area (Å²) < 4.78 is 55.1. The summed E-state index contributed by atoms with van der Waals surface area (Å²) in [5.74, 6) is -1.76. The van der Waals surface area contributed by atoms with Crippen molar-refractivity contribution in [3.05, 3.63) is 53.9 Å². The molecule has 0 bridgehead atoms. The van der Waals surface area contributed by atoms with E-state index in [2.05, 4.69) is 29.9 Å². The van der Waals surface area contributed by atoms with Crippen molar-refractivity contribution in [3.63, 3.8) is 0 Å². The molecule has 0 atom stereocenters. The third-order valence-corrected chi connectivity index (χ3v) is 4.06. The average Bonchev–Trinajstić information content (AvgIpc) is 3.19. The molecular weight excluding hydrogens is 354 g/mol. The van der Waals surface area contributed by atoms with E-state index in [0.717, 1.165) is 18.4 Å². The lowest BCUT2D eigenvalue weighted by Crippen LogP contribution is -2.20. The second-order valence-corrected chi connectivity index (χ2v) is 5.92. The number of nitrogens with one attached hydrogen (secondary N) is 1. The van der Waals surface area contributed by atoms with Crippen molar-refractivity contribution in [3.8, 4) is 11.5 Å². The van der Waals surface area contributed by atoms with Crippen LogP contribution < -0.4 is 5.32 Å². The molecule has 134 valence electrons. The van der Waals surface area contributed by atoms with E-state index in [1.807, 2.05) is 0 Å². The van der Waals surface area contributed by atoms with Crippen LogP contribution in [0.3, 0.4) is 0 Å². The maximum atomic E-state index is 13.1. The summed E-state index contributed by atoms with van der Waals surface area (Å²) >= 11 is 0. The fraction of sp³-hybridized carbons (Fsp3) is 0.250. The van der Waals surface area contributed by atoms with Crippen LogP contribution in [0.5, 0.6) is 0 Å². The predicted octanol–water partition coefficient (Wildman–Crippen LogP) is 3.79. The molecule has 0 spiro atoms. The first-order valence-electron chi connectivity index (χ1n) is 7.63. The van der Waals surface area contributed by atoms with Crippen LogP contribution in [0, 0.1) is 5.82 Å². The van der Waals surface area contributed by atoms with E-state index in [9.17, 15) is 17.6 Å². The summed E-state index contributed by atoms with van der Waals surface area (Å²) in [4.78, 5) is 8.18. The minimum absolute atomic E-state index is 0.171. The molecule has 26 heavy (non-hydrogen) atoms. The standard InChI is InChI=1S/C16H11F4N5O/c17-11-3-1-10(2-4-11)15(5-6-15)23-14-21-7-9(8-22-14)12-24-25-13(26-12)16(18,19)20/h1-4,7-8H,5-6H2,(H,21,22,23). The normalized spacial score (nSPS) is 15.7. The molecule has 10 heteroatoms. The lowest BCUT2D eigenvalue weighted by atomic mass is 10.1. The van der Waals surface area contributed by atoms with E-state index in [-0.39, 0.29) is 22.8 Å². The lowest BCUT2D eigenvalue weighted by Gasteiger charge is -2.17. The van der Waals surface area contributed by atoms with E-state index in [0.29, 0.717) is 5.95 Å². The molecule has 1 aromatic carbocycles. The highest BCUT2D eigenvalue weighted by Gasteiger charge is 2.45. The van der Waals surface area contributed by atoms with E-state index in [4.69, 9.17) is 0 Å². The van der Waals surface area contributed by atoms with Crippen LogP contribution >= 0.6 is 0 Å². The third kappa shape index (κ3) is 3.09. The minimum Gasteiger partial charge on any atom is -0.413 e. The van der Waals surface area contributed by atoms with Gasteiger partial charge in [0.1, 0.15) is 5.82 Å². The van der Waals surface area contributed by atoms with Crippen LogP contribution in [0.25, 0.3) is 11.5 Å². The highest BCUT2D eigenvalue weighted by Crippen LogP contribution is 2.47. The largest absolute Gasteiger partial charge is 0.470 e. The molecule has 2 heterocycles. The molecule has 1 aliphatic carbocycles. The van der Waals surface area contributed by atoms with E-state index < -0.39 is 12.1 Å². The molecular formula is C16H11F4N5O. The molecule has 0 aliphatic heterocycles. The molecule has 0 saturated heterocycles. The second-order valence-electron chi connectivity index (χ2n) is 5.92. The Morgan fingerprint density at radius 3 is 2.19 bits per heavy atom. The van der Waals surface area contributed by atoms with Crippen LogP contribution in [0.15, 0.2) is 41.1 Å². The summed E-state index contributed by atoms with van der Waals surface area (Å²) in [5, 5.41) is 9.49. The van der Waals surface area contributed by atoms with Gasteiger partial charge in [0, 0.05) is 12.4 Å². The molecule has 2 aromatic heterocycles. The summed E-state index contributed by atoms with van der Waals surface area (Å²) in [6.45, 7) is 0. The van der Waals surface area contributed by atoms with E-state index in [1.54, 1.807) is 12.1 Å². The maximum Gasteiger partial charge on any atom is 0.470 e. The van der Waals surface area contributed by atoms with Gasteiger partial charge in [-0.2, -0.15) is 13.2 Å². The summed E-state index contributed by atoms with van der Waals surface area (Å²) in [5.41, 5.74) is 0.729. The zero-order valence-corrected chi connectivity index (χ0v) is 13.1. The smallest absolute Gasteiger partial charge is 0.413 e. The number of anilines is 1. The van der Waals surface area contributed by atoms with Crippen molar-refractivity contribution < 1.29 is 22.0 Å². The Bertz CT molecular complexity index is 917. The summed E-state index contributed by atoms with van der Waals surface area (Å²) in [6, 6.07) is 6.16. The van der Waals surface area contributed by atoms with Crippen molar-refractivity contribution in [2.75, 3.05) is 5.32 Å². The number of rotatable bonds is 4. The van der Waals surface area contributed by atoms with Gasteiger partial charge in [0.05, 0.1) is 11.1 Å². The van der Waals surface area contributed by atoms with Gasteiger partial charge in [0.25, 0.3) is 5.89 Å². The van der Waals surface area contributed by atoms with Crippen LogP contribution in [-0.4, -0.2) is 20.2 Å². The third-order valence-electron chi connectivity index (χ3n) is 4.06. The molecule has 1 saturated carbocycles. The van der Waals surface area contributed by atoms with Crippen LogP contribution in [0.2, 0.25) is 0 Å². The number of halogens is 4. The van der Waals surface area contributed by atoms with Crippen molar-refractivity contribution >= 4 is 5.95 Å². The zero-order valence-electron chi connectivity index (χ0n) is 13.1. The quantitative estimate of drug-likeness (QED) is 0.709. The van der Waals surface area contributed by atoms with Crippen molar-refractivity contribution in [1.82, 2.24) is 20.2 Å². The number of alkyl halides is 3. The topological polar surface area (TPSA) is 76.7 Å². The molecule has 1 fully saturated rings. The van der Waals surface area contributed by atoms with Crippen LogP contribution in [0.4, 0.5) is 23.5 Å². The van der Waals surface area contributed by atoms with E-state index in [1.165, 1.54) is 24.5 Å². The predicted molar refractivity (Wildman–Crippen MR) is 81.3 cm³/mol. The second kappa shape index (κ2) is 5.75. The Labute approximate surface area is 144 Å². The first-order chi connectivity index (χ1) is 12.4. The molecule has 0 radical (unpaired) electrons. The number of hydrogen-bond acceptors (Lipinski definition) is 6. The molecule has 1 aliphatic rings. The molecule has 3 aromatic rings. The van der Waals surface area contributed by atoms with Gasteiger partial charge >= 0.3 is 12.1 Å². The van der Waals surface area contributed by atoms with Gasteiger partial charge in [-0.15, -0.1) is 10.2 Å². The fourth-order valence-electron chi connectivity index (χ4n) is 2.55. The summed E-state index contributed by atoms with van der Waals surface area (Å²) in [6.07, 6.45) is -0.445. The molecule has 6 nitrogen and oxygen atoms in total. The van der Waals surface area contributed by atoms with Gasteiger partial charge in [-0.25, -0.2) is 14.4 Å². The number of aromatic nitrogens is 4.